The Labute approximate surface area is 127 Å². The SMILES string of the molecule is C[C@@H](O)[C@@H](C(=O)NCc1cnco1)N1CC2(CCCN2)C1=O. The fourth-order valence-corrected chi connectivity index (χ4v) is 3.19. The van der Waals surface area contributed by atoms with Crippen molar-refractivity contribution < 1.29 is 19.1 Å². The number of oxazole rings is 1. The van der Waals surface area contributed by atoms with E-state index in [0.717, 1.165) is 19.4 Å². The Morgan fingerprint density at radius 2 is 2.50 bits per heavy atom. The van der Waals surface area contributed by atoms with Crippen molar-refractivity contribution in [3.63, 3.8) is 0 Å². The minimum absolute atomic E-state index is 0.106. The van der Waals surface area contributed by atoms with Crippen molar-refractivity contribution in [2.24, 2.45) is 0 Å². The summed E-state index contributed by atoms with van der Waals surface area (Å²) in [7, 11) is 0. The highest BCUT2D eigenvalue weighted by Crippen LogP contribution is 2.33. The molecule has 120 valence electrons. The van der Waals surface area contributed by atoms with Gasteiger partial charge in [0.2, 0.25) is 11.8 Å². The molecular weight excluding hydrogens is 288 g/mol. The van der Waals surface area contributed by atoms with E-state index in [2.05, 4.69) is 15.6 Å². The number of nitrogens with one attached hydrogen (secondary N) is 2. The molecule has 1 spiro atoms. The van der Waals surface area contributed by atoms with Gasteiger partial charge in [-0.15, -0.1) is 0 Å². The smallest absolute Gasteiger partial charge is 0.245 e. The second kappa shape index (κ2) is 5.69. The van der Waals surface area contributed by atoms with E-state index in [1.807, 2.05) is 0 Å². The number of likely N-dealkylation sites (tertiary alicyclic amines) is 1. The van der Waals surface area contributed by atoms with E-state index < -0.39 is 23.6 Å². The second-order valence-corrected chi connectivity index (χ2v) is 5.92. The van der Waals surface area contributed by atoms with E-state index in [4.69, 9.17) is 4.42 Å². The number of β-lactam (4-membered cyclic amide) rings is 1. The van der Waals surface area contributed by atoms with Crippen LogP contribution in [0.25, 0.3) is 0 Å². The number of carbonyl (C=O) groups is 2. The first kappa shape index (κ1) is 15.0. The number of amides is 2. The molecule has 0 bridgehead atoms. The number of carbonyl (C=O) groups excluding carboxylic acids is 2. The van der Waals surface area contributed by atoms with Gasteiger partial charge >= 0.3 is 0 Å². The minimum atomic E-state index is -0.947. The van der Waals surface area contributed by atoms with Gasteiger partial charge < -0.3 is 25.1 Å². The summed E-state index contributed by atoms with van der Waals surface area (Å²) in [6.45, 7) is 2.96. The quantitative estimate of drug-likeness (QED) is 0.603. The van der Waals surface area contributed by atoms with E-state index in [9.17, 15) is 14.7 Å². The first-order valence-corrected chi connectivity index (χ1v) is 7.43. The first-order chi connectivity index (χ1) is 10.5. The Morgan fingerprint density at radius 1 is 1.68 bits per heavy atom. The van der Waals surface area contributed by atoms with Gasteiger partial charge in [0, 0.05) is 6.54 Å². The standard InChI is InChI=1S/C14H20N4O4/c1-9(19)11(12(20)16-6-10-5-15-8-22-10)18-7-14(13(18)21)3-2-4-17-14/h5,8-9,11,17,19H,2-4,6-7H2,1H3,(H,16,20)/t9-,11+,14?/m1/s1. The number of hydrogen-bond donors (Lipinski definition) is 3. The van der Waals surface area contributed by atoms with E-state index in [-0.39, 0.29) is 12.5 Å². The van der Waals surface area contributed by atoms with Gasteiger partial charge in [0.05, 0.1) is 18.8 Å². The highest BCUT2D eigenvalue weighted by atomic mass is 16.3. The van der Waals surface area contributed by atoms with Gasteiger partial charge in [-0.05, 0) is 26.3 Å². The molecule has 2 aliphatic rings. The highest BCUT2D eigenvalue weighted by Gasteiger charge is 2.57. The largest absolute Gasteiger partial charge is 0.447 e. The summed E-state index contributed by atoms with van der Waals surface area (Å²) in [6, 6.07) is -0.886. The predicted octanol–water partition coefficient (Wildman–Crippen LogP) is -0.995. The summed E-state index contributed by atoms with van der Waals surface area (Å²) >= 11 is 0. The van der Waals surface area contributed by atoms with Crippen molar-refractivity contribution in [1.82, 2.24) is 20.5 Å². The summed E-state index contributed by atoms with van der Waals surface area (Å²) in [4.78, 5) is 29.9. The number of hydrogen-bond acceptors (Lipinski definition) is 6. The average Bonchev–Trinajstić information content (AvgIpc) is 3.16. The molecule has 3 atom stereocenters. The molecule has 1 aromatic rings. The average molecular weight is 308 g/mol. The van der Waals surface area contributed by atoms with E-state index in [0.29, 0.717) is 12.3 Å². The molecule has 1 unspecified atom stereocenters. The molecular formula is C14H20N4O4. The summed E-state index contributed by atoms with van der Waals surface area (Å²) in [5, 5.41) is 15.8. The molecule has 0 aromatic carbocycles. The van der Waals surface area contributed by atoms with Gasteiger partial charge in [-0.3, -0.25) is 9.59 Å². The molecule has 1 aromatic heterocycles. The maximum Gasteiger partial charge on any atom is 0.245 e. The third kappa shape index (κ3) is 2.48. The lowest BCUT2D eigenvalue weighted by Crippen LogP contribution is -2.76. The molecule has 0 saturated carbocycles. The fourth-order valence-electron chi connectivity index (χ4n) is 3.19. The summed E-state index contributed by atoms with van der Waals surface area (Å²) in [5.41, 5.74) is -0.516. The Kier molecular flexibility index (Phi) is 3.88. The van der Waals surface area contributed by atoms with Crippen LogP contribution in [-0.4, -0.2) is 57.6 Å². The highest BCUT2D eigenvalue weighted by molar-refractivity contribution is 5.97. The van der Waals surface area contributed by atoms with Crippen molar-refractivity contribution in [3.8, 4) is 0 Å². The molecule has 3 N–H and O–H groups in total. The molecule has 2 fully saturated rings. The van der Waals surface area contributed by atoms with Crippen LogP contribution in [0.5, 0.6) is 0 Å². The van der Waals surface area contributed by atoms with Crippen LogP contribution < -0.4 is 10.6 Å². The van der Waals surface area contributed by atoms with Crippen LogP contribution >= 0.6 is 0 Å². The van der Waals surface area contributed by atoms with Crippen LogP contribution in [0.3, 0.4) is 0 Å². The molecule has 3 rings (SSSR count). The van der Waals surface area contributed by atoms with Gasteiger partial charge in [0.25, 0.3) is 0 Å². The second-order valence-electron chi connectivity index (χ2n) is 5.92. The molecule has 0 aliphatic carbocycles. The number of aliphatic hydroxyl groups excluding tert-OH is 1. The van der Waals surface area contributed by atoms with Crippen molar-refractivity contribution in [2.75, 3.05) is 13.1 Å². The Balaban J connectivity index is 1.63. The van der Waals surface area contributed by atoms with Crippen LogP contribution in [0, 0.1) is 0 Å². The van der Waals surface area contributed by atoms with Gasteiger partial charge in [-0.2, -0.15) is 0 Å². The van der Waals surface area contributed by atoms with E-state index >= 15 is 0 Å². The summed E-state index contributed by atoms with van der Waals surface area (Å²) in [5.74, 6) is 0.0138. The molecule has 8 heteroatoms. The normalized spacial score (nSPS) is 26.8. The maximum absolute atomic E-state index is 12.4. The van der Waals surface area contributed by atoms with Gasteiger partial charge in [0.15, 0.2) is 6.39 Å². The van der Waals surface area contributed by atoms with Crippen molar-refractivity contribution >= 4 is 11.8 Å². The molecule has 2 amide bonds. The molecule has 0 radical (unpaired) electrons. The number of rotatable bonds is 5. The zero-order valence-electron chi connectivity index (χ0n) is 12.4. The molecule has 3 heterocycles. The van der Waals surface area contributed by atoms with Crippen LogP contribution in [0.15, 0.2) is 17.0 Å². The van der Waals surface area contributed by atoms with Gasteiger partial charge in [-0.25, -0.2) is 4.98 Å². The molecule has 2 saturated heterocycles. The first-order valence-electron chi connectivity index (χ1n) is 7.43. The summed E-state index contributed by atoms with van der Waals surface area (Å²) < 4.78 is 5.04. The van der Waals surface area contributed by atoms with Crippen LogP contribution in [0.1, 0.15) is 25.5 Å². The Morgan fingerprint density at radius 3 is 3.05 bits per heavy atom. The van der Waals surface area contributed by atoms with Gasteiger partial charge in [0.1, 0.15) is 17.3 Å². The molecule has 2 aliphatic heterocycles. The zero-order chi connectivity index (χ0) is 15.7. The Bertz CT molecular complexity index is 551. The van der Waals surface area contributed by atoms with Crippen LogP contribution in [0.2, 0.25) is 0 Å². The molecule has 22 heavy (non-hydrogen) atoms. The molecule has 8 nitrogen and oxygen atoms in total. The third-order valence-corrected chi connectivity index (χ3v) is 4.34. The van der Waals surface area contributed by atoms with Gasteiger partial charge in [-0.1, -0.05) is 0 Å². The number of nitrogens with zero attached hydrogens (tertiary/aromatic N) is 2. The summed E-state index contributed by atoms with van der Waals surface area (Å²) in [6.07, 6.45) is 3.58. The van der Waals surface area contributed by atoms with E-state index in [1.54, 1.807) is 0 Å². The van der Waals surface area contributed by atoms with Crippen LogP contribution in [-0.2, 0) is 16.1 Å². The lowest BCUT2D eigenvalue weighted by Gasteiger charge is -2.50. The topological polar surface area (TPSA) is 108 Å². The monoisotopic (exact) mass is 308 g/mol. The predicted molar refractivity (Wildman–Crippen MR) is 75.5 cm³/mol. The number of aliphatic hydroxyl groups is 1. The lowest BCUT2D eigenvalue weighted by atomic mass is 9.84. The third-order valence-electron chi connectivity index (χ3n) is 4.34. The van der Waals surface area contributed by atoms with Crippen molar-refractivity contribution in [2.45, 2.75) is 44.0 Å². The van der Waals surface area contributed by atoms with Crippen LogP contribution in [0.4, 0.5) is 0 Å². The Hall–Kier alpha value is -1.93. The van der Waals surface area contributed by atoms with Crippen molar-refractivity contribution in [3.05, 3.63) is 18.4 Å². The maximum atomic E-state index is 12.4. The van der Waals surface area contributed by atoms with Crippen molar-refractivity contribution in [1.29, 1.82) is 0 Å². The fraction of sp³-hybridized carbons (Fsp3) is 0.643. The van der Waals surface area contributed by atoms with E-state index in [1.165, 1.54) is 24.4 Å². The lowest BCUT2D eigenvalue weighted by molar-refractivity contribution is -0.164. The zero-order valence-corrected chi connectivity index (χ0v) is 12.4. The number of aromatic nitrogens is 1. The minimum Gasteiger partial charge on any atom is -0.447 e.